The number of rotatable bonds is 2. The summed E-state index contributed by atoms with van der Waals surface area (Å²) in [5, 5.41) is 14.7. The van der Waals surface area contributed by atoms with Crippen LogP contribution >= 0.6 is 0 Å². The maximum atomic E-state index is 14.5. The second-order valence-electron chi connectivity index (χ2n) is 6.44. The van der Waals surface area contributed by atoms with Gasteiger partial charge in [-0.1, -0.05) is 36.4 Å². The van der Waals surface area contributed by atoms with Crippen molar-refractivity contribution in [3.8, 4) is 0 Å². The molecule has 0 aromatic heterocycles. The molecule has 2 aliphatic rings. The van der Waals surface area contributed by atoms with Crippen LogP contribution in [0.3, 0.4) is 0 Å². The fraction of sp³-hybridized carbons (Fsp3) is 0.263. The second kappa shape index (κ2) is 5.44. The zero-order chi connectivity index (χ0) is 16.8. The first-order valence-electron chi connectivity index (χ1n) is 8.03. The molecule has 4 nitrogen and oxygen atoms in total. The molecule has 122 valence electrons. The normalized spacial score (nSPS) is 24.2. The van der Waals surface area contributed by atoms with E-state index in [9.17, 15) is 14.5 Å². The monoisotopic (exact) mass is 324 g/mol. The summed E-state index contributed by atoms with van der Waals surface area (Å²) in [6.45, 7) is 2.04. The molecule has 2 aromatic carbocycles. The third-order valence-corrected chi connectivity index (χ3v) is 5.17. The van der Waals surface area contributed by atoms with Gasteiger partial charge in [0.25, 0.3) is 5.69 Å². The van der Waals surface area contributed by atoms with Crippen molar-refractivity contribution in [1.29, 1.82) is 0 Å². The highest BCUT2D eigenvalue weighted by atomic mass is 19.1. The van der Waals surface area contributed by atoms with Crippen molar-refractivity contribution in [1.82, 2.24) is 0 Å². The van der Waals surface area contributed by atoms with Crippen molar-refractivity contribution in [2.24, 2.45) is 5.92 Å². The van der Waals surface area contributed by atoms with E-state index in [0.29, 0.717) is 5.56 Å². The molecule has 3 unspecified atom stereocenters. The first kappa shape index (κ1) is 14.9. The Kier molecular flexibility index (Phi) is 3.37. The molecule has 0 amide bonds. The number of anilines is 1. The molecular weight excluding hydrogens is 307 g/mol. The van der Waals surface area contributed by atoms with Crippen LogP contribution in [-0.4, -0.2) is 4.92 Å². The van der Waals surface area contributed by atoms with Crippen LogP contribution in [0.4, 0.5) is 15.8 Å². The lowest BCUT2D eigenvalue weighted by Crippen LogP contribution is -2.30. The minimum Gasteiger partial charge on any atom is -0.375 e. The molecule has 0 spiro atoms. The molecule has 1 aliphatic carbocycles. The van der Waals surface area contributed by atoms with Crippen LogP contribution in [0.25, 0.3) is 0 Å². The number of hydrogen-bond donors (Lipinski definition) is 1. The van der Waals surface area contributed by atoms with Gasteiger partial charge < -0.3 is 5.32 Å². The quantitative estimate of drug-likeness (QED) is 0.487. The number of nitrogens with one attached hydrogen (secondary N) is 1. The first-order valence-corrected chi connectivity index (χ1v) is 8.03. The minimum absolute atomic E-state index is 0.0105. The Morgan fingerprint density at radius 3 is 2.79 bits per heavy atom. The van der Waals surface area contributed by atoms with Gasteiger partial charge in [-0.25, -0.2) is 4.39 Å². The summed E-state index contributed by atoms with van der Waals surface area (Å²) in [6, 6.07) is 10.4. The summed E-state index contributed by atoms with van der Waals surface area (Å²) in [7, 11) is 0. The third-order valence-electron chi connectivity index (χ3n) is 5.17. The van der Waals surface area contributed by atoms with Gasteiger partial charge in [0.2, 0.25) is 0 Å². The minimum atomic E-state index is -0.437. The van der Waals surface area contributed by atoms with Gasteiger partial charge in [0, 0.05) is 12.0 Å². The Balaban J connectivity index is 1.90. The molecule has 2 aromatic rings. The molecule has 3 atom stereocenters. The summed E-state index contributed by atoms with van der Waals surface area (Å²) in [6.07, 6.45) is 4.86. The highest BCUT2D eigenvalue weighted by Gasteiger charge is 2.42. The molecule has 0 bridgehead atoms. The van der Waals surface area contributed by atoms with Gasteiger partial charge in [-0.05, 0) is 36.5 Å². The Labute approximate surface area is 139 Å². The summed E-state index contributed by atoms with van der Waals surface area (Å²) >= 11 is 0. The van der Waals surface area contributed by atoms with Crippen LogP contribution < -0.4 is 5.32 Å². The van der Waals surface area contributed by atoms with Crippen LogP contribution in [0.1, 0.15) is 35.1 Å². The molecule has 24 heavy (non-hydrogen) atoms. The fourth-order valence-electron chi connectivity index (χ4n) is 4.06. The standard InChI is InChI=1S/C19H17FN2O2/c1-11-5-2-3-6-12(11)18-14-8-4-7-13(14)17-16(22(23)24)10-9-15(20)19(17)21-18/h2-7,9-10,13-14,18,21H,8H2,1H3. The lowest BCUT2D eigenvalue weighted by Gasteiger charge is -2.37. The highest BCUT2D eigenvalue weighted by molar-refractivity contribution is 5.68. The summed E-state index contributed by atoms with van der Waals surface area (Å²) < 4.78 is 14.5. The Morgan fingerprint density at radius 2 is 2.04 bits per heavy atom. The second-order valence-corrected chi connectivity index (χ2v) is 6.44. The van der Waals surface area contributed by atoms with Crippen molar-refractivity contribution in [3.63, 3.8) is 0 Å². The number of halogens is 1. The predicted molar refractivity (Wildman–Crippen MR) is 90.6 cm³/mol. The molecule has 1 heterocycles. The van der Waals surface area contributed by atoms with Crippen molar-refractivity contribution < 1.29 is 9.31 Å². The van der Waals surface area contributed by atoms with Crippen molar-refractivity contribution in [2.45, 2.75) is 25.3 Å². The van der Waals surface area contributed by atoms with E-state index in [1.807, 2.05) is 43.3 Å². The van der Waals surface area contributed by atoms with Crippen LogP contribution in [0.5, 0.6) is 0 Å². The summed E-state index contributed by atoms with van der Waals surface area (Å²) in [4.78, 5) is 11.0. The lowest BCUT2D eigenvalue weighted by molar-refractivity contribution is -0.385. The number of fused-ring (bicyclic) bond motifs is 3. The molecule has 5 heteroatoms. The first-order chi connectivity index (χ1) is 11.6. The summed E-state index contributed by atoms with van der Waals surface area (Å²) in [5.41, 5.74) is 2.99. The number of benzene rings is 2. The molecule has 0 fully saturated rings. The van der Waals surface area contributed by atoms with Gasteiger partial charge >= 0.3 is 0 Å². The Bertz CT molecular complexity index is 862. The topological polar surface area (TPSA) is 55.2 Å². The van der Waals surface area contributed by atoms with E-state index >= 15 is 0 Å². The Morgan fingerprint density at radius 1 is 1.25 bits per heavy atom. The number of nitro groups is 1. The van der Waals surface area contributed by atoms with Gasteiger partial charge in [-0.15, -0.1) is 0 Å². The smallest absolute Gasteiger partial charge is 0.275 e. The van der Waals surface area contributed by atoms with E-state index in [2.05, 4.69) is 5.32 Å². The molecule has 0 radical (unpaired) electrons. The SMILES string of the molecule is Cc1ccccc1C1Nc2c(F)ccc([N+](=O)[O-])c2C2C=CCC21. The fourth-order valence-corrected chi connectivity index (χ4v) is 4.06. The van der Waals surface area contributed by atoms with Gasteiger partial charge in [0.1, 0.15) is 5.82 Å². The number of allylic oxidation sites excluding steroid dienone is 2. The van der Waals surface area contributed by atoms with Crippen molar-refractivity contribution in [3.05, 3.63) is 81.2 Å². The summed E-state index contributed by atoms with van der Waals surface area (Å²) in [5.74, 6) is -0.422. The molecular formula is C19H17FN2O2. The third kappa shape index (κ3) is 2.12. The largest absolute Gasteiger partial charge is 0.375 e. The number of nitro benzene ring substituents is 1. The van der Waals surface area contributed by atoms with Gasteiger partial charge in [0.15, 0.2) is 0 Å². The van der Waals surface area contributed by atoms with E-state index in [0.717, 1.165) is 17.5 Å². The number of aryl methyl sites for hydroxylation is 1. The van der Waals surface area contributed by atoms with E-state index in [4.69, 9.17) is 0 Å². The van der Waals surface area contributed by atoms with E-state index < -0.39 is 10.7 Å². The van der Waals surface area contributed by atoms with Crippen LogP contribution in [0.2, 0.25) is 0 Å². The van der Waals surface area contributed by atoms with Crippen LogP contribution in [0.15, 0.2) is 48.6 Å². The molecule has 0 saturated carbocycles. The van der Waals surface area contributed by atoms with Gasteiger partial charge in [0.05, 0.1) is 22.2 Å². The van der Waals surface area contributed by atoms with Gasteiger partial charge in [-0.2, -0.15) is 0 Å². The predicted octanol–water partition coefficient (Wildman–Crippen LogP) is 4.87. The van der Waals surface area contributed by atoms with Crippen LogP contribution in [-0.2, 0) is 0 Å². The maximum absolute atomic E-state index is 14.5. The zero-order valence-corrected chi connectivity index (χ0v) is 13.2. The number of hydrogen-bond acceptors (Lipinski definition) is 3. The Hall–Kier alpha value is -2.69. The number of nitrogens with zero attached hydrogens (tertiary/aromatic N) is 1. The lowest BCUT2D eigenvalue weighted by atomic mass is 9.75. The van der Waals surface area contributed by atoms with Crippen molar-refractivity contribution >= 4 is 11.4 Å². The highest BCUT2D eigenvalue weighted by Crippen LogP contribution is 2.53. The average Bonchev–Trinajstić information content (AvgIpc) is 3.05. The van der Waals surface area contributed by atoms with E-state index in [1.165, 1.54) is 12.1 Å². The van der Waals surface area contributed by atoms with Gasteiger partial charge in [-0.3, -0.25) is 10.1 Å². The molecule has 1 N–H and O–H groups in total. The molecule has 0 saturated heterocycles. The van der Waals surface area contributed by atoms with E-state index in [1.54, 1.807) is 0 Å². The van der Waals surface area contributed by atoms with Crippen molar-refractivity contribution in [2.75, 3.05) is 5.32 Å². The molecule has 1 aliphatic heterocycles. The molecule has 4 rings (SSSR count). The maximum Gasteiger partial charge on any atom is 0.275 e. The average molecular weight is 324 g/mol. The zero-order valence-electron chi connectivity index (χ0n) is 13.2. The van der Waals surface area contributed by atoms with Crippen LogP contribution in [0, 0.1) is 28.8 Å². The van der Waals surface area contributed by atoms with E-state index in [-0.39, 0.29) is 29.3 Å².